The van der Waals surface area contributed by atoms with Gasteiger partial charge in [-0.2, -0.15) is 0 Å². The van der Waals surface area contributed by atoms with E-state index in [4.69, 9.17) is 9.47 Å². The molecular formula is C29H44N4O6. The van der Waals surface area contributed by atoms with Gasteiger partial charge in [-0.05, 0) is 83.8 Å². The van der Waals surface area contributed by atoms with Gasteiger partial charge in [-0.3, -0.25) is 19.4 Å². The molecule has 3 amide bonds. The lowest BCUT2D eigenvalue weighted by Crippen LogP contribution is -2.49. The average molecular weight is 545 g/mol. The molecule has 2 aliphatic rings. The summed E-state index contributed by atoms with van der Waals surface area (Å²) in [4.78, 5) is 58.5. The lowest BCUT2D eigenvalue weighted by atomic mass is 9.84. The van der Waals surface area contributed by atoms with Crippen molar-refractivity contribution in [2.45, 2.75) is 90.2 Å². The van der Waals surface area contributed by atoms with Gasteiger partial charge in [0.1, 0.15) is 11.5 Å². The summed E-state index contributed by atoms with van der Waals surface area (Å²) in [7, 11) is 0. The highest BCUT2D eigenvalue weighted by molar-refractivity contribution is 5.86. The minimum Gasteiger partial charge on any atom is -0.465 e. The van der Waals surface area contributed by atoms with Gasteiger partial charge in [0.25, 0.3) is 0 Å². The summed E-state index contributed by atoms with van der Waals surface area (Å²) in [6, 6.07) is 3.06. The van der Waals surface area contributed by atoms with Gasteiger partial charge in [0.15, 0.2) is 0 Å². The number of hydrogen-bond donors (Lipinski definition) is 1. The van der Waals surface area contributed by atoms with Gasteiger partial charge in [-0.25, -0.2) is 4.79 Å². The number of likely N-dealkylation sites (tertiary alicyclic amines) is 2. The van der Waals surface area contributed by atoms with Crippen LogP contribution >= 0.6 is 0 Å². The molecule has 0 bridgehead atoms. The molecule has 3 rings (SSSR count). The lowest BCUT2D eigenvalue weighted by molar-refractivity contribution is -0.146. The minimum absolute atomic E-state index is 0.0149. The molecule has 0 radical (unpaired) electrons. The van der Waals surface area contributed by atoms with E-state index >= 15 is 0 Å². The third-order valence-electron chi connectivity index (χ3n) is 7.24. The van der Waals surface area contributed by atoms with Gasteiger partial charge in [0.2, 0.25) is 11.8 Å². The molecule has 0 saturated carbocycles. The van der Waals surface area contributed by atoms with Crippen molar-refractivity contribution >= 4 is 23.9 Å². The zero-order chi connectivity index (χ0) is 28.4. The van der Waals surface area contributed by atoms with Crippen LogP contribution in [0.4, 0.5) is 4.79 Å². The maximum atomic E-state index is 13.2. The number of carbonyl (C=O) groups excluding carboxylic acids is 4. The third kappa shape index (κ3) is 9.51. The summed E-state index contributed by atoms with van der Waals surface area (Å²) in [5.41, 5.74) is 0.141. The molecule has 2 aliphatic heterocycles. The van der Waals surface area contributed by atoms with Crippen molar-refractivity contribution in [1.82, 2.24) is 20.1 Å². The monoisotopic (exact) mass is 544 g/mol. The first-order valence-corrected chi connectivity index (χ1v) is 14.2. The first-order valence-electron chi connectivity index (χ1n) is 14.2. The number of nitrogens with one attached hydrogen (secondary N) is 1. The molecule has 2 saturated heterocycles. The molecule has 216 valence electrons. The number of ether oxygens (including phenoxy) is 2. The SMILES string of the molecule is CCOC(=O)[C@@H](c1cccnc1)C(CCC1CCN(C(=O)OC(C)(C)C)CC1)NC(=O)CN1CCCCC1=O. The Balaban J connectivity index is 1.69. The number of nitrogens with zero attached hydrogens (tertiary/aromatic N) is 3. The second-order valence-corrected chi connectivity index (χ2v) is 11.5. The molecule has 1 unspecified atom stereocenters. The first-order chi connectivity index (χ1) is 18.6. The number of aromatic nitrogens is 1. The highest BCUT2D eigenvalue weighted by Crippen LogP contribution is 2.29. The number of rotatable bonds is 10. The van der Waals surface area contributed by atoms with Crippen LogP contribution in [0.3, 0.4) is 0 Å². The van der Waals surface area contributed by atoms with E-state index in [1.54, 1.807) is 35.2 Å². The summed E-state index contributed by atoms with van der Waals surface area (Å²) in [6.07, 6.45) is 8.12. The quantitative estimate of drug-likeness (QED) is 0.447. The predicted molar refractivity (Wildman–Crippen MR) is 146 cm³/mol. The topological polar surface area (TPSA) is 118 Å². The van der Waals surface area contributed by atoms with E-state index in [9.17, 15) is 19.2 Å². The van der Waals surface area contributed by atoms with E-state index < -0.39 is 23.5 Å². The minimum atomic E-state index is -0.721. The molecule has 0 aromatic carbocycles. The Hall–Kier alpha value is -3.17. The lowest BCUT2D eigenvalue weighted by Gasteiger charge is -2.34. The van der Waals surface area contributed by atoms with Crippen LogP contribution in [0.1, 0.15) is 84.1 Å². The van der Waals surface area contributed by atoms with Crippen LogP contribution < -0.4 is 5.32 Å². The van der Waals surface area contributed by atoms with E-state index in [-0.39, 0.29) is 31.1 Å². The number of pyridine rings is 1. The third-order valence-corrected chi connectivity index (χ3v) is 7.24. The summed E-state index contributed by atoms with van der Waals surface area (Å²) < 4.78 is 10.9. The standard InChI is InChI=1S/C29H44N4O6/c1-5-38-27(36)26(22-9-8-15-30-19-22)23(31-24(34)20-33-16-7-6-10-25(33)35)12-11-21-13-17-32(18-14-21)28(37)39-29(2,3)4/h8-9,15,19,21,23,26H,5-7,10-14,16-18,20H2,1-4H3,(H,31,34)/t23?,26-/m0/s1. The molecule has 1 aromatic rings. The van der Waals surface area contributed by atoms with Crippen molar-refractivity contribution in [2.75, 3.05) is 32.8 Å². The molecular weight excluding hydrogens is 500 g/mol. The van der Waals surface area contributed by atoms with Crippen molar-refractivity contribution in [3.8, 4) is 0 Å². The molecule has 2 atom stereocenters. The normalized spacial score (nSPS) is 18.3. The number of esters is 1. The van der Waals surface area contributed by atoms with E-state index in [0.29, 0.717) is 44.0 Å². The van der Waals surface area contributed by atoms with Crippen LogP contribution in [0, 0.1) is 5.92 Å². The number of amides is 3. The second-order valence-electron chi connectivity index (χ2n) is 11.5. The molecule has 0 aliphatic carbocycles. The van der Waals surface area contributed by atoms with Crippen molar-refractivity contribution in [3.63, 3.8) is 0 Å². The van der Waals surface area contributed by atoms with Gasteiger partial charge < -0.3 is 24.6 Å². The highest BCUT2D eigenvalue weighted by Gasteiger charge is 2.35. The molecule has 0 spiro atoms. The highest BCUT2D eigenvalue weighted by atomic mass is 16.6. The van der Waals surface area contributed by atoms with Crippen LogP contribution in [0.2, 0.25) is 0 Å². The van der Waals surface area contributed by atoms with E-state index in [0.717, 1.165) is 32.1 Å². The molecule has 3 heterocycles. The largest absolute Gasteiger partial charge is 0.465 e. The molecule has 2 fully saturated rings. The number of piperidine rings is 2. The van der Waals surface area contributed by atoms with Crippen molar-refractivity contribution < 1.29 is 28.7 Å². The van der Waals surface area contributed by atoms with Crippen LogP contribution in [0.5, 0.6) is 0 Å². The summed E-state index contributed by atoms with van der Waals surface area (Å²) in [5, 5.41) is 3.07. The van der Waals surface area contributed by atoms with Gasteiger partial charge in [0, 0.05) is 44.5 Å². The average Bonchev–Trinajstić information content (AvgIpc) is 2.89. The van der Waals surface area contributed by atoms with Gasteiger partial charge in [-0.15, -0.1) is 0 Å². The fraction of sp³-hybridized carbons (Fsp3) is 0.690. The zero-order valence-electron chi connectivity index (χ0n) is 23.8. The van der Waals surface area contributed by atoms with Gasteiger partial charge in [0.05, 0.1) is 13.2 Å². The Morgan fingerprint density at radius 1 is 1.15 bits per heavy atom. The molecule has 1 N–H and O–H groups in total. The summed E-state index contributed by atoms with van der Waals surface area (Å²) in [5.74, 6) is -1.10. The van der Waals surface area contributed by atoms with E-state index in [1.165, 1.54) is 0 Å². The number of carbonyl (C=O) groups is 4. The second kappa shape index (κ2) is 14.3. The van der Waals surface area contributed by atoms with Gasteiger partial charge >= 0.3 is 12.1 Å². The van der Waals surface area contributed by atoms with E-state index in [2.05, 4.69) is 10.3 Å². The Labute approximate surface area is 231 Å². The molecule has 10 nitrogen and oxygen atoms in total. The fourth-order valence-electron chi connectivity index (χ4n) is 5.25. The fourth-order valence-corrected chi connectivity index (χ4v) is 5.25. The number of hydrogen-bond acceptors (Lipinski definition) is 7. The van der Waals surface area contributed by atoms with Crippen LogP contribution in [0.15, 0.2) is 24.5 Å². The Morgan fingerprint density at radius 3 is 2.51 bits per heavy atom. The van der Waals surface area contributed by atoms with Gasteiger partial charge in [-0.1, -0.05) is 6.07 Å². The maximum Gasteiger partial charge on any atom is 0.410 e. The summed E-state index contributed by atoms with van der Waals surface area (Å²) >= 11 is 0. The van der Waals surface area contributed by atoms with Crippen LogP contribution in [0.25, 0.3) is 0 Å². The molecule has 10 heteroatoms. The Morgan fingerprint density at radius 2 is 1.90 bits per heavy atom. The summed E-state index contributed by atoms with van der Waals surface area (Å²) in [6.45, 7) is 9.31. The smallest absolute Gasteiger partial charge is 0.410 e. The van der Waals surface area contributed by atoms with Crippen molar-refractivity contribution in [3.05, 3.63) is 30.1 Å². The Kier molecular flexibility index (Phi) is 11.1. The first kappa shape index (κ1) is 30.4. The predicted octanol–water partition coefficient (Wildman–Crippen LogP) is 3.65. The van der Waals surface area contributed by atoms with Crippen molar-refractivity contribution in [2.24, 2.45) is 5.92 Å². The molecule has 39 heavy (non-hydrogen) atoms. The molecule has 1 aromatic heterocycles. The van der Waals surface area contributed by atoms with Crippen LogP contribution in [-0.2, 0) is 23.9 Å². The zero-order valence-corrected chi connectivity index (χ0v) is 23.8. The van der Waals surface area contributed by atoms with Crippen molar-refractivity contribution in [1.29, 1.82) is 0 Å². The van der Waals surface area contributed by atoms with Crippen LogP contribution in [-0.4, -0.2) is 83.1 Å². The Bertz CT molecular complexity index is 972. The van der Waals surface area contributed by atoms with E-state index in [1.807, 2.05) is 26.8 Å². The maximum absolute atomic E-state index is 13.2.